The molecule has 0 unspecified atom stereocenters. The maximum atomic E-state index is 11.0. The van der Waals surface area contributed by atoms with E-state index in [0.29, 0.717) is 6.54 Å². The van der Waals surface area contributed by atoms with Gasteiger partial charge in [0.25, 0.3) is 0 Å². The Morgan fingerprint density at radius 2 is 2.42 bits per heavy atom. The molecule has 2 amide bonds. The molecule has 0 aromatic carbocycles. The van der Waals surface area contributed by atoms with Crippen molar-refractivity contribution in [3.8, 4) is 0 Å². The van der Waals surface area contributed by atoms with Crippen LogP contribution in [0.1, 0.15) is 5.56 Å². The quantitative estimate of drug-likeness (QED) is 0.593. The first-order chi connectivity index (χ1) is 5.86. The van der Waals surface area contributed by atoms with Gasteiger partial charge in [0.05, 0.1) is 0 Å². The minimum atomic E-state index is -0.139. The molecule has 1 aliphatic rings. The van der Waals surface area contributed by atoms with Crippen LogP contribution >= 0.6 is 0 Å². The number of hydrogen-bond donors (Lipinski definition) is 2. The highest BCUT2D eigenvalue weighted by molar-refractivity contribution is 5.90. The lowest BCUT2D eigenvalue weighted by Gasteiger charge is -2.02. The lowest BCUT2D eigenvalue weighted by molar-refractivity contribution is 0.252. The molecule has 0 fully saturated rings. The van der Waals surface area contributed by atoms with Gasteiger partial charge >= 0.3 is 6.03 Å². The molecule has 62 valence electrons. The Hall–Kier alpha value is -1.58. The zero-order chi connectivity index (χ0) is 8.39. The number of carbonyl (C=O) groups is 1. The minimum absolute atomic E-state index is 0.139. The van der Waals surface area contributed by atoms with Crippen LogP contribution in [0.5, 0.6) is 0 Å². The van der Waals surface area contributed by atoms with Crippen molar-refractivity contribution < 1.29 is 4.79 Å². The summed E-state index contributed by atoms with van der Waals surface area (Å²) in [6.07, 6.45) is 4.29. The van der Waals surface area contributed by atoms with E-state index in [1.807, 2.05) is 0 Å². The minimum Gasteiger partial charge on any atom is -0.338 e. The fourth-order valence-electron chi connectivity index (χ4n) is 1.23. The molecule has 0 aliphatic carbocycles. The number of aromatic nitrogens is 1. The molecular weight excluding hydrogens is 154 g/mol. The molecule has 0 spiro atoms. The number of nitrogens with one attached hydrogen (secondary N) is 2. The van der Waals surface area contributed by atoms with Crippen LogP contribution in [-0.4, -0.2) is 17.6 Å². The van der Waals surface area contributed by atoms with E-state index < -0.39 is 0 Å². The average molecular weight is 163 g/mol. The molecule has 1 aromatic rings. The fraction of sp³-hybridized carbons (Fsp3) is 0.250. The van der Waals surface area contributed by atoms with E-state index in [0.717, 1.165) is 17.7 Å². The maximum Gasteiger partial charge on any atom is 0.319 e. The van der Waals surface area contributed by atoms with Crippen LogP contribution in [0, 0.1) is 0 Å². The maximum absolute atomic E-state index is 11.0. The summed E-state index contributed by atoms with van der Waals surface area (Å²) in [7, 11) is 0. The first kappa shape index (κ1) is 7.09. The molecule has 0 bridgehead atoms. The SMILES string of the molecule is O=C1NCCc2cnccc2N1. The molecule has 0 saturated carbocycles. The van der Waals surface area contributed by atoms with Crippen LogP contribution < -0.4 is 10.6 Å². The van der Waals surface area contributed by atoms with Gasteiger partial charge in [0.1, 0.15) is 0 Å². The van der Waals surface area contributed by atoms with E-state index in [-0.39, 0.29) is 6.03 Å². The van der Waals surface area contributed by atoms with E-state index in [1.54, 1.807) is 18.5 Å². The molecule has 12 heavy (non-hydrogen) atoms. The van der Waals surface area contributed by atoms with Crippen molar-refractivity contribution in [3.05, 3.63) is 24.0 Å². The standard InChI is InChI=1S/C8H9N3O/c12-8-10-4-1-6-5-9-3-2-7(6)11-8/h2-3,5H,1,4H2,(H2,10,11,12). The molecule has 4 heteroatoms. The number of nitrogens with zero attached hydrogens (tertiary/aromatic N) is 1. The van der Waals surface area contributed by atoms with Gasteiger partial charge in [-0.2, -0.15) is 0 Å². The molecule has 1 aromatic heterocycles. The number of hydrogen-bond acceptors (Lipinski definition) is 2. The summed E-state index contributed by atoms with van der Waals surface area (Å²) in [6.45, 7) is 0.671. The average Bonchev–Trinajstić information content (AvgIpc) is 2.25. The molecule has 0 radical (unpaired) electrons. The Bertz CT molecular complexity index is 311. The summed E-state index contributed by atoms with van der Waals surface area (Å²) >= 11 is 0. The number of carbonyl (C=O) groups excluding carboxylic acids is 1. The van der Waals surface area contributed by atoms with Gasteiger partial charge in [-0.15, -0.1) is 0 Å². The Balaban J connectivity index is 2.37. The highest BCUT2D eigenvalue weighted by atomic mass is 16.2. The lowest BCUT2D eigenvalue weighted by Crippen LogP contribution is -2.27. The fourth-order valence-corrected chi connectivity index (χ4v) is 1.23. The second-order valence-electron chi connectivity index (χ2n) is 2.66. The Labute approximate surface area is 70.0 Å². The molecule has 1 aliphatic heterocycles. The normalized spacial score (nSPS) is 15.5. The van der Waals surface area contributed by atoms with Gasteiger partial charge in [0.15, 0.2) is 0 Å². The summed E-state index contributed by atoms with van der Waals surface area (Å²) in [6, 6.07) is 1.67. The van der Waals surface area contributed by atoms with Crippen LogP contribution in [0.2, 0.25) is 0 Å². The Morgan fingerprint density at radius 1 is 1.50 bits per heavy atom. The van der Waals surface area contributed by atoms with Crippen molar-refractivity contribution in [2.24, 2.45) is 0 Å². The third kappa shape index (κ3) is 1.23. The molecule has 2 heterocycles. The predicted octanol–water partition coefficient (Wildman–Crippen LogP) is 0.759. The third-order valence-electron chi connectivity index (χ3n) is 1.83. The highest BCUT2D eigenvalue weighted by Gasteiger charge is 2.10. The summed E-state index contributed by atoms with van der Waals surface area (Å²) in [5.41, 5.74) is 1.94. The van der Waals surface area contributed by atoms with Gasteiger partial charge in [0.2, 0.25) is 0 Å². The first-order valence-electron chi connectivity index (χ1n) is 3.84. The van der Waals surface area contributed by atoms with Gasteiger partial charge < -0.3 is 10.6 Å². The lowest BCUT2D eigenvalue weighted by atomic mass is 10.2. The first-order valence-corrected chi connectivity index (χ1v) is 3.84. The van der Waals surface area contributed by atoms with Crippen LogP contribution in [0.15, 0.2) is 18.5 Å². The van der Waals surface area contributed by atoms with Gasteiger partial charge in [-0.25, -0.2) is 4.79 Å². The number of amides is 2. The summed E-state index contributed by atoms with van der Waals surface area (Å²) in [4.78, 5) is 15.0. The van der Waals surface area contributed by atoms with E-state index in [2.05, 4.69) is 15.6 Å². The second kappa shape index (κ2) is 2.81. The van der Waals surface area contributed by atoms with Crippen molar-refractivity contribution in [2.75, 3.05) is 11.9 Å². The number of fused-ring (bicyclic) bond motifs is 1. The van der Waals surface area contributed by atoms with Gasteiger partial charge in [-0.3, -0.25) is 4.98 Å². The zero-order valence-electron chi connectivity index (χ0n) is 6.50. The van der Waals surface area contributed by atoms with Crippen LogP contribution in [0.4, 0.5) is 10.5 Å². The van der Waals surface area contributed by atoms with Crippen LogP contribution in [-0.2, 0) is 6.42 Å². The Kier molecular flexibility index (Phi) is 1.66. The van der Waals surface area contributed by atoms with Gasteiger partial charge in [-0.1, -0.05) is 0 Å². The van der Waals surface area contributed by atoms with Crippen molar-refractivity contribution in [1.82, 2.24) is 10.3 Å². The molecule has 0 saturated heterocycles. The summed E-state index contributed by atoms with van der Waals surface area (Å²) in [5, 5.41) is 5.45. The van der Waals surface area contributed by atoms with Crippen molar-refractivity contribution in [1.29, 1.82) is 0 Å². The van der Waals surface area contributed by atoms with Crippen molar-refractivity contribution in [2.45, 2.75) is 6.42 Å². The molecule has 2 N–H and O–H groups in total. The number of urea groups is 1. The van der Waals surface area contributed by atoms with E-state index in [4.69, 9.17) is 0 Å². The summed E-state index contributed by atoms with van der Waals surface area (Å²) < 4.78 is 0. The van der Waals surface area contributed by atoms with Crippen LogP contribution in [0.25, 0.3) is 0 Å². The second-order valence-corrected chi connectivity index (χ2v) is 2.66. The zero-order valence-corrected chi connectivity index (χ0v) is 6.50. The molecular formula is C8H9N3O. The van der Waals surface area contributed by atoms with E-state index in [1.165, 1.54) is 0 Å². The van der Waals surface area contributed by atoms with Crippen molar-refractivity contribution >= 4 is 11.7 Å². The van der Waals surface area contributed by atoms with Crippen molar-refractivity contribution in [3.63, 3.8) is 0 Å². The third-order valence-corrected chi connectivity index (χ3v) is 1.83. The largest absolute Gasteiger partial charge is 0.338 e. The van der Waals surface area contributed by atoms with E-state index >= 15 is 0 Å². The van der Waals surface area contributed by atoms with Crippen LogP contribution in [0.3, 0.4) is 0 Å². The highest BCUT2D eigenvalue weighted by Crippen LogP contribution is 2.15. The van der Waals surface area contributed by atoms with E-state index in [9.17, 15) is 4.79 Å². The number of anilines is 1. The smallest absolute Gasteiger partial charge is 0.319 e. The molecule has 4 nitrogen and oxygen atoms in total. The monoisotopic (exact) mass is 163 g/mol. The molecule has 2 rings (SSSR count). The number of pyridine rings is 1. The van der Waals surface area contributed by atoms with Gasteiger partial charge in [0, 0.05) is 24.6 Å². The topological polar surface area (TPSA) is 54.0 Å². The molecule has 0 atom stereocenters. The predicted molar refractivity (Wildman–Crippen MR) is 45.0 cm³/mol. The summed E-state index contributed by atoms with van der Waals surface area (Å²) in [5.74, 6) is 0. The number of rotatable bonds is 0. The van der Waals surface area contributed by atoms with Gasteiger partial charge in [-0.05, 0) is 18.1 Å². The Morgan fingerprint density at radius 3 is 3.33 bits per heavy atom.